The number of halogens is 4. The molecule has 0 unspecified atom stereocenters. The van der Waals surface area contributed by atoms with Gasteiger partial charge in [0.15, 0.2) is 0 Å². The van der Waals surface area contributed by atoms with Crippen molar-refractivity contribution in [2.24, 2.45) is 0 Å². The van der Waals surface area contributed by atoms with Crippen LogP contribution in [0.4, 0.5) is 13.2 Å². The van der Waals surface area contributed by atoms with Crippen LogP contribution in [0.1, 0.15) is 24.8 Å². The first kappa shape index (κ1) is 15.4. The molecule has 1 aromatic rings. The van der Waals surface area contributed by atoms with E-state index in [2.05, 4.69) is 5.32 Å². The summed E-state index contributed by atoms with van der Waals surface area (Å²) in [7, 11) is 0. The first-order chi connectivity index (χ1) is 9.52. The lowest BCUT2D eigenvalue weighted by Crippen LogP contribution is -2.40. The van der Waals surface area contributed by atoms with Crippen molar-refractivity contribution in [3.8, 4) is 5.75 Å². The number of nitrogens with one attached hydrogen (secondary N) is 1. The van der Waals surface area contributed by atoms with E-state index in [9.17, 15) is 13.2 Å². The first-order valence-corrected chi connectivity index (χ1v) is 7.18. The van der Waals surface area contributed by atoms with Crippen LogP contribution in [-0.4, -0.2) is 24.6 Å². The highest BCUT2D eigenvalue weighted by atomic mass is 35.5. The van der Waals surface area contributed by atoms with Crippen molar-refractivity contribution in [2.75, 3.05) is 12.4 Å². The van der Waals surface area contributed by atoms with Crippen LogP contribution in [0.25, 0.3) is 0 Å². The fraction of sp³-hybridized carbons (Fsp3) is 0.571. The van der Waals surface area contributed by atoms with E-state index in [4.69, 9.17) is 16.3 Å². The Balaban J connectivity index is 2.09. The molecule has 1 N–H and O–H groups in total. The molecule has 0 aromatic heterocycles. The van der Waals surface area contributed by atoms with Crippen molar-refractivity contribution in [3.63, 3.8) is 0 Å². The predicted molar refractivity (Wildman–Crippen MR) is 72.2 cm³/mol. The fourth-order valence-corrected chi connectivity index (χ4v) is 2.62. The van der Waals surface area contributed by atoms with Gasteiger partial charge in [0.25, 0.3) is 0 Å². The summed E-state index contributed by atoms with van der Waals surface area (Å²) in [5.41, 5.74) is -0.719. The zero-order valence-electron chi connectivity index (χ0n) is 10.9. The Bertz CT molecular complexity index is 439. The van der Waals surface area contributed by atoms with Crippen molar-refractivity contribution in [3.05, 3.63) is 29.8 Å². The van der Waals surface area contributed by atoms with Crippen molar-refractivity contribution in [1.82, 2.24) is 5.32 Å². The highest BCUT2D eigenvalue weighted by Crippen LogP contribution is 2.37. The molecule has 2 nitrogen and oxygen atoms in total. The standard InChI is InChI=1S/C14H17ClF3NO/c15-8-9-19-11-5-3-7-13(11)20-12-6-2-1-4-10(12)14(16,17)18/h1-2,4,6,11,13,19H,3,5,7-9H2/t11-,13-/m1/s1. The van der Waals surface area contributed by atoms with E-state index in [1.165, 1.54) is 12.1 Å². The molecule has 20 heavy (non-hydrogen) atoms. The molecule has 112 valence electrons. The van der Waals surface area contributed by atoms with Crippen LogP contribution >= 0.6 is 11.6 Å². The molecule has 1 fully saturated rings. The number of rotatable bonds is 5. The average molecular weight is 308 g/mol. The largest absolute Gasteiger partial charge is 0.488 e. The van der Waals surface area contributed by atoms with Gasteiger partial charge in [-0.15, -0.1) is 11.6 Å². The van der Waals surface area contributed by atoms with Crippen molar-refractivity contribution in [2.45, 2.75) is 37.6 Å². The average Bonchev–Trinajstić information content (AvgIpc) is 2.83. The topological polar surface area (TPSA) is 21.3 Å². The molecule has 0 heterocycles. The highest BCUT2D eigenvalue weighted by Gasteiger charge is 2.36. The SMILES string of the molecule is FC(F)(F)c1ccccc1O[C@@H]1CCC[C@H]1NCCCl. The van der Waals surface area contributed by atoms with Gasteiger partial charge in [0.05, 0.1) is 5.56 Å². The summed E-state index contributed by atoms with van der Waals surface area (Å²) in [6.07, 6.45) is -2.03. The van der Waals surface area contributed by atoms with E-state index in [0.717, 1.165) is 25.3 Å². The van der Waals surface area contributed by atoms with E-state index >= 15 is 0 Å². The van der Waals surface area contributed by atoms with Gasteiger partial charge in [-0.2, -0.15) is 13.2 Å². The van der Waals surface area contributed by atoms with E-state index in [0.29, 0.717) is 12.4 Å². The molecule has 0 radical (unpaired) electrons. The van der Waals surface area contributed by atoms with Gasteiger partial charge < -0.3 is 10.1 Å². The third kappa shape index (κ3) is 3.79. The maximum absolute atomic E-state index is 12.9. The minimum absolute atomic E-state index is 0.0649. The lowest BCUT2D eigenvalue weighted by atomic mass is 10.1. The maximum Gasteiger partial charge on any atom is 0.419 e. The van der Waals surface area contributed by atoms with Crippen LogP contribution in [0.2, 0.25) is 0 Å². The zero-order chi connectivity index (χ0) is 14.6. The quantitative estimate of drug-likeness (QED) is 0.835. The Hall–Kier alpha value is -0.940. The molecule has 1 aliphatic carbocycles. The summed E-state index contributed by atoms with van der Waals surface area (Å²) in [6.45, 7) is 0.632. The van der Waals surface area contributed by atoms with Crippen LogP contribution in [0, 0.1) is 0 Å². The minimum Gasteiger partial charge on any atom is -0.488 e. The van der Waals surface area contributed by atoms with Gasteiger partial charge in [0.1, 0.15) is 11.9 Å². The van der Waals surface area contributed by atoms with Gasteiger partial charge in [0, 0.05) is 18.5 Å². The third-order valence-corrected chi connectivity index (χ3v) is 3.61. The van der Waals surface area contributed by atoms with E-state index in [1.54, 1.807) is 6.07 Å². The molecular weight excluding hydrogens is 291 g/mol. The summed E-state index contributed by atoms with van der Waals surface area (Å²) in [6, 6.07) is 5.41. The summed E-state index contributed by atoms with van der Waals surface area (Å²) in [4.78, 5) is 0. The monoisotopic (exact) mass is 307 g/mol. The molecule has 0 saturated heterocycles. The number of hydrogen-bond acceptors (Lipinski definition) is 2. The summed E-state index contributed by atoms with van der Waals surface area (Å²) < 4.78 is 44.3. The molecule has 0 bridgehead atoms. The Labute approximate surface area is 121 Å². The predicted octanol–water partition coefficient (Wildman–Crippen LogP) is 3.83. The van der Waals surface area contributed by atoms with Crippen LogP contribution in [0.15, 0.2) is 24.3 Å². The van der Waals surface area contributed by atoms with Crippen molar-refractivity contribution >= 4 is 11.6 Å². The molecule has 1 aliphatic rings. The molecule has 1 saturated carbocycles. The van der Waals surface area contributed by atoms with E-state index in [1.807, 2.05) is 0 Å². The Morgan fingerprint density at radius 2 is 2.00 bits per heavy atom. The van der Waals surface area contributed by atoms with E-state index < -0.39 is 11.7 Å². The van der Waals surface area contributed by atoms with Crippen LogP contribution < -0.4 is 10.1 Å². The van der Waals surface area contributed by atoms with Crippen LogP contribution in [0.3, 0.4) is 0 Å². The summed E-state index contributed by atoms with van der Waals surface area (Å²) in [5.74, 6) is 0.382. The Kier molecular flexibility index (Phi) is 5.16. The van der Waals surface area contributed by atoms with Gasteiger partial charge in [0.2, 0.25) is 0 Å². The minimum atomic E-state index is -4.39. The second-order valence-corrected chi connectivity index (χ2v) is 5.21. The summed E-state index contributed by atoms with van der Waals surface area (Å²) >= 11 is 5.62. The lowest BCUT2D eigenvalue weighted by molar-refractivity contribution is -0.139. The normalized spacial score (nSPS) is 23.0. The van der Waals surface area contributed by atoms with Gasteiger partial charge >= 0.3 is 6.18 Å². The third-order valence-electron chi connectivity index (χ3n) is 3.42. The van der Waals surface area contributed by atoms with Crippen molar-refractivity contribution in [1.29, 1.82) is 0 Å². The molecule has 1 aromatic carbocycles. The lowest BCUT2D eigenvalue weighted by Gasteiger charge is -2.24. The second kappa shape index (κ2) is 6.68. The van der Waals surface area contributed by atoms with Crippen molar-refractivity contribution < 1.29 is 17.9 Å². The number of benzene rings is 1. The number of para-hydroxylation sites is 1. The second-order valence-electron chi connectivity index (χ2n) is 4.83. The molecule has 0 spiro atoms. The molecule has 0 amide bonds. The summed E-state index contributed by atoms with van der Waals surface area (Å²) in [5, 5.41) is 3.22. The number of hydrogen-bond donors (Lipinski definition) is 1. The highest BCUT2D eigenvalue weighted by molar-refractivity contribution is 6.18. The van der Waals surface area contributed by atoms with Gasteiger partial charge in [-0.25, -0.2) is 0 Å². The van der Waals surface area contributed by atoms with Crippen LogP contribution in [0.5, 0.6) is 5.75 Å². The van der Waals surface area contributed by atoms with Gasteiger partial charge in [-0.05, 0) is 31.4 Å². The number of alkyl halides is 4. The smallest absolute Gasteiger partial charge is 0.419 e. The Morgan fingerprint density at radius 3 is 2.70 bits per heavy atom. The molecular formula is C14H17ClF3NO. The van der Waals surface area contributed by atoms with Gasteiger partial charge in [-0.3, -0.25) is 0 Å². The van der Waals surface area contributed by atoms with Crippen LogP contribution in [-0.2, 0) is 6.18 Å². The molecule has 0 aliphatic heterocycles. The number of ether oxygens (including phenoxy) is 1. The maximum atomic E-state index is 12.9. The molecule has 2 rings (SSSR count). The van der Waals surface area contributed by atoms with Gasteiger partial charge in [-0.1, -0.05) is 12.1 Å². The van der Waals surface area contributed by atoms with E-state index in [-0.39, 0.29) is 17.9 Å². The zero-order valence-corrected chi connectivity index (χ0v) is 11.7. The Morgan fingerprint density at radius 1 is 1.25 bits per heavy atom. The molecule has 2 atom stereocenters. The first-order valence-electron chi connectivity index (χ1n) is 6.64. The fourth-order valence-electron chi connectivity index (χ4n) is 2.51. The molecule has 6 heteroatoms.